The number of carbonyl (C=O) groups is 2. The third-order valence-electron chi connectivity index (χ3n) is 4.19. The lowest BCUT2D eigenvalue weighted by Gasteiger charge is -2.19. The van der Waals surface area contributed by atoms with Crippen molar-refractivity contribution in [2.45, 2.75) is 24.8 Å². The van der Waals surface area contributed by atoms with Gasteiger partial charge in [0.15, 0.2) is 0 Å². The standard InChI is InChI=1S/C20H24BrN3O5S/c1-14(25)23-17-5-7-18(8-6-17)30(27,28)22-11-10-20(26)24(2)13-15-12-16(21)4-9-19(15)29-3/h4-9,12,22H,10-11,13H2,1-3H3,(H,23,25). The van der Waals surface area contributed by atoms with Crippen LogP contribution in [0.25, 0.3) is 0 Å². The summed E-state index contributed by atoms with van der Waals surface area (Å²) >= 11 is 3.40. The van der Waals surface area contributed by atoms with Crippen LogP contribution in [0.2, 0.25) is 0 Å². The van der Waals surface area contributed by atoms with Gasteiger partial charge in [-0.05, 0) is 42.5 Å². The number of methoxy groups -OCH3 is 1. The molecule has 0 aliphatic heterocycles. The average Bonchev–Trinajstić information content (AvgIpc) is 2.68. The maximum Gasteiger partial charge on any atom is 0.240 e. The molecule has 2 aromatic rings. The minimum atomic E-state index is -3.76. The van der Waals surface area contributed by atoms with Crippen LogP contribution in [0.15, 0.2) is 51.8 Å². The maximum absolute atomic E-state index is 12.4. The molecule has 2 N–H and O–H groups in total. The molecule has 0 fully saturated rings. The average molecular weight is 498 g/mol. The molecule has 10 heteroatoms. The Labute approximate surface area is 184 Å². The number of nitrogens with zero attached hydrogens (tertiary/aromatic N) is 1. The summed E-state index contributed by atoms with van der Waals surface area (Å²) in [7, 11) is -0.549. The van der Waals surface area contributed by atoms with E-state index >= 15 is 0 Å². The summed E-state index contributed by atoms with van der Waals surface area (Å²) in [6.07, 6.45) is 0.00994. The molecule has 0 atom stereocenters. The molecule has 0 heterocycles. The molecule has 0 unspecified atom stereocenters. The molecule has 0 aliphatic rings. The fourth-order valence-electron chi connectivity index (χ4n) is 2.70. The van der Waals surface area contributed by atoms with E-state index in [1.54, 1.807) is 14.2 Å². The first kappa shape index (κ1) is 23.8. The molecule has 8 nitrogen and oxygen atoms in total. The number of carbonyl (C=O) groups excluding carboxylic acids is 2. The van der Waals surface area contributed by atoms with Gasteiger partial charge in [0.1, 0.15) is 5.75 Å². The number of benzene rings is 2. The normalized spacial score (nSPS) is 11.1. The van der Waals surface area contributed by atoms with E-state index < -0.39 is 10.0 Å². The largest absolute Gasteiger partial charge is 0.496 e. The van der Waals surface area contributed by atoms with E-state index in [0.29, 0.717) is 18.0 Å². The predicted molar refractivity (Wildman–Crippen MR) is 118 cm³/mol. The van der Waals surface area contributed by atoms with Gasteiger partial charge in [0.25, 0.3) is 0 Å². The fourth-order valence-corrected chi connectivity index (χ4v) is 4.14. The molecule has 0 saturated heterocycles. The van der Waals surface area contributed by atoms with Crippen molar-refractivity contribution in [3.63, 3.8) is 0 Å². The van der Waals surface area contributed by atoms with Crippen LogP contribution in [-0.4, -0.2) is 45.8 Å². The molecule has 2 amide bonds. The van der Waals surface area contributed by atoms with E-state index in [0.717, 1.165) is 10.0 Å². The molecule has 0 spiro atoms. The number of halogens is 1. The minimum absolute atomic E-state index is 0.00994. The van der Waals surface area contributed by atoms with Crippen LogP contribution in [0.5, 0.6) is 5.75 Å². The molecule has 0 aromatic heterocycles. The van der Waals surface area contributed by atoms with Gasteiger partial charge in [-0.15, -0.1) is 0 Å². The van der Waals surface area contributed by atoms with Gasteiger partial charge < -0.3 is 15.0 Å². The van der Waals surface area contributed by atoms with Gasteiger partial charge >= 0.3 is 0 Å². The second-order valence-electron chi connectivity index (χ2n) is 6.56. The van der Waals surface area contributed by atoms with Crippen LogP contribution in [0.4, 0.5) is 5.69 Å². The highest BCUT2D eigenvalue weighted by atomic mass is 79.9. The third-order valence-corrected chi connectivity index (χ3v) is 6.16. The predicted octanol–water partition coefficient (Wildman–Crippen LogP) is 2.74. The van der Waals surface area contributed by atoms with Crippen molar-refractivity contribution in [1.29, 1.82) is 0 Å². The number of rotatable bonds is 9. The van der Waals surface area contributed by atoms with Crippen LogP contribution < -0.4 is 14.8 Å². The van der Waals surface area contributed by atoms with Gasteiger partial charge in [0.05, 0.1) is 12.0 Å². The highest BCUT2D eigenvalue weighted by Crippen LogP contribution is 2.24. The van der Waals surface area contributed by atoms with Crippen LogP contribution >= 0.6 is 15.9 Å². The zero-order valence-electron chi connectivity index (χ0n) is 16.9. The Hall–Kier alpha value is -2.43. The van der Waals surface area contributed by atoms with Gasteiger partial charge in [0.2, 0.25) is 21.8 Å². The van der Waals surface area contributed by atoms with E-state index in [9.17, 15) is 18.0 Å². The van der Waals surface area contributed by atoms with Crippen LogP contribution in [0.1, 0.15) is 18.9 Å². The lowest BCUT2D eigenvalue weighted by molar-refractivity contribution is -0.130. The Morgan fingerprint density at radius 1 is 1.13 bits per heavy atom. The molecular weight excluding hydrogens is 474 g/mol. The number of hydrogen-bond donors (Lipinski definition) is 2. The smallest absolute Gasteiger partial charge is 0.240 e. The molecule has 0 bridgehead atoms. The van der Waals surface area contributed by atoms with Crippen LogP contribution in [0.3, 0.4) is 0 Å². The number of amides is 2. The second-order valence-corrected chi connectivity index (χ2v) is 9.24. The van der Waals surface area contributed by atoms with E-state index in [4.69, 9.17) is 4.74 Å². The third kappa shape index (κ3) is 6.82. The van der Waals surface area contributed by atoms with Crippen molar-refractivity contribution in [2.75, 3.05) is 26.0 Å². The molecule has 0 saturated carbocycles. The summed E-state index contributed by atoms with van der Waals surface area (Å²) in [6, 6.07) is 11.3. The van der Waals surface area contributed by atoms with Crippen LogP contribution in [-0.2, 0) is 26.2 Å². The van der Waals surface area contributed by atoms with Crippen molar-refractivity contribution in [1.82, 2.24) is 9.62 Å². The molecular formula is C20H24BrN3O5S. The summed E-state index contributed by atoms with van der Waals surface area (Å²) in [5, 5.41) is 2.57. The molecule has 0 radical (unpaired) electrons. The first-order valence-corrected chi connectivity index (χ1v) is 11.3. The van der Waals surface area contributed by atoms with Crippen molar-refractivity contribution in [3.8, 4) is 5.75 Å². The number of nitrogens with one attached hydrogen (secondary N) is 2. The van der Waals surface area contributed by atoms with Gasteiger partial charge in [-0.2, -0.15) is 0 Å². The van der Waals surface area contributed by atoms with Crippen molar-refractivity contribution < 1.29 is 22.7 Å². The quantitative estimate of drug-likeness (QED) is 0.554. The van der Waals surface area contributed by atoms with Crippen molar-refractivity contribution >= 4 is 43.5 Å². The molecule has 2 rings (SSSR count). The number of hydrogen-bond acceptors (Lipinski definition) is 5. The number of anilines is 1. The summed E-state index contributed by atoms with van der Waals surface area (Å²) in [5.41, 5.74) is 1.34. The molecule has 0 aliphatic carbocycles. The Morgan fingerprint density at radius 3 is 2.40 bits per heavy atom. The zero-order valence-corrected chi connectivity index (χ0v) is 19.3. The first-order chi connectivity index (χ1) is 14.1. The Kier molecular flexibility index (Phi) is 8.39. The molecule has 30 heavy (non-hydrogen) atoms. The minimum Gasteiger partial charge on any atom is -0.496 e. The lowest BCUT2D eigenvalue weighted by Crippen LogP contribution is -2.32. The number of ether oxygens (including phenoxy) is 1. The first-order valence-electron chi connectivity index (χ1n) is 9.06. The second kappa shape index (κ2) is 10.6. The fraction of sp³-hybridized carbons (Fsp3) is 0.300. The summed E-state index contributed by atoms with van der Waals surface area (Å²) in [4.78, 5) is 25.0. The van der Waals surface area contributed by atoms with Gasteiger partial charge in [-0.25, -0.2) is 13.1 Å². The van der Waals surface area contributed by atoms with Gasteiger partial charge in [0, 0.05) is 49.2 Å². The van der Waals surface area contributed by atoms with Gasteiger partial charge in [-0.1, -0.05) is 15.9 Å². The monoisotopic (exact) mass is 497 g/mol. The van der Waals surface area contributed by atoms with Crippen molar-refractivity contribution in [3.05, 3.63) is 52.5 Å². The van der Waals surface area contributed by atoms with Gasteiger partial charge in [-0.3, -0.25) is 9.59 Å². The Bertz CT molecular complexity index is 1010. The summed E-state index contributed by atoms with van der Waals surface area (Å²) in [5.74, 6) is 0.217. The Balaban J connectivity index is 1.91. The molecule has 2 aromatic carbocycles. The number of sulfonamides is 1. The SMILES string of the molecule is COc1ccc(Br)cc1CN(C)C(=O)CCNS(=O)(=O)c1ccc(NC(C)=O)cc1. The topological polar surface area (TPSA) is 105 Å². The van der Waals surface area contributed by atoms with Crippen molar-refractivity contribution in [2.24, 2.45) is 0 Å². The summed E-state index contributed by atoms with van der Waals surface area (Å²) in [6.45, 7) is 1.67. The lowest BCUT2D eigenvalue weighted by atomic mass is 10.2. The van der Waals surface area contributed by atoms with Crippen LogP contribution in [0, 0.1) is 0 Å². The van der Waals surface area contributed by atoms with E-state index in [1.165, 1.54) is 36.1 Å². The van der Waals surface area contributed by atoms with E-state index in [2.05, 4.69) is 26.0 Å². The highest BCUT2D eigenvalue weighted by molar-refractivity contribution is 9.10. The zero-order chi connectivity index (χ0) is 22.3. The van der Waals surface area contributed by atoms with E-state index in [-0.39, 0.29) is 29.7 Å². The Morgan fingerprint density at radius 2 is 1.80 bits per heavy atom. The maximum atomic E-state index is 12.4. The highest BCUT2D eigenvalue weighted by Gasteiger charge is 2.16. The summed E-state index contributed by atoms with van der Waals surface area (Å²) < 4.78 is 33.4. The van der Waals surface area contributed by atoms with E-state index in [1.807, 2.05) is 18.2 Å². The molecule has 162 valence electrons.